The van der Waals surface area contributed by atoms with Crippen molar-refractivity contribution in [1.29, 1.82) is 0 Å². The van der Waals surface area contributed by atoms with Crippen molar-refractivity contribution < 1.29 is 17.9 Å². The quantitative estimate of drug-likeness (QED) is 0.172. The van der Waals surface area contributed by atoms with Gasteiger partial charge in [0.25, 0.3) is 0 Å². The summed E-state index contributed by atoms with van der Waals surface area (Å²) in [6, 6.07) is 56.1. The number of fused-ring (bicyclic) bond motifs is 16. The maximum atomic E-state index is 13.4. The predicted molar refractivity (Wildman–Crippen MR) is 243 cm³/mol. The molecule has 4 aliphatic carbocycles. The Balaban J connectivity index is 0.987. The predicted octanol–water partition coefficient (Wildman–Crippen LogP) is 14.8. The van der Waals surface area contributed by atoms with E-state index in [4.69, 9.17) is 0 Å². The van der Waals surface area contributed by atoms with E-state index in [0.717, 1.165) is 28.9 Å². The molecule has 13 rings (SSSR count). The van der Waals surface area contributed by atoms with Gasteiger partial charge in [0.2, 0.25) is 0 Å². The number of benzene rings is 7. The molecule has 0 bridgehead atoms. The van der Waals surface area contributed by atoms with Gasteiger partial charge in [0.1, 0.15) is 5.75 Å². The molecule has 62 heavy (non-hydrogen) atoms. The summed E-state index contributed by atoms with van der Waals surface area (Å²) in [6.07, 6.45) is 8.10. The molecule has 0 saturated carbocycles. The van der Waals surface area contributed by atoms with Crippen molar-refractivity contribution in [3.05, 3.63) is 228 Å². The number of allylic oxidation sites excluding steroid dienone is 8. The number of alkyl halides is 3. The fraction of sp³-hybridized carbons (Fsp3) is 0.107. The van der Waals surface area contributed by atoms with Crippen molar-refractivity contribution in [2.75, 3.05) is 4.90 Å². The van der Waals surface area contributed by atoms with E-state index in [2.05, 4.69) is 137 Å². The number of nitrogens with zero attached hydrogens (tertiary/aromatic N) is 2. The molecule has 0 fully saturated rings. The molecule has 1 aliphatic heterocycles. The molecular weight excluding hydrogens is 774 g/mol. The molecular formula is C56H37F3N2O. The number of ether oxygens (including phenoxy) is 1. The lowest BCUT2D eigenvalue weighted by Crippen LogP contribution is -2.34. The topological polar surface area (TPSA) is 17.4 Å². The largest absolute Gasteiger partial charge is 0.573 e. The number of hydrogen-bond acceptors (Lipinski definition) is 2. The van der Waals surface area contributed by atoms with Gasteiger partial charge in [0.15, 0.2) is 0 Å². The highest BCUT2D eigenvalue weighted by Crippen LogP contribution is 2.69. The van der Waals surface area contributed by atoms with Crippen LogP contribution >= 0.6 is 0 Å². The van der Waals surface area contributed by atoms with Gasteiger partial charge in [-0.15, -0.1) is 13.2 Å². The van der Waals surface area contributed by atoms with Crippen LogP contribution in [0.25, 0.3) is 44.1 Å². The smallest absolute Gasteiger partial charge is 0.406 e. The highest BCUT2D eigenvalue weighted by atomic mass is 19.4. The minimum absolute atomic E-state index is 0.0635. The minimum Gasteiger partial charge on any atom is -0.406 e. The monoisotopic (exact) mass is 810 g/mol. The third-order valence-corrected chi connectivity index (χ3v) is 14.1. The lowest BCUT2D eigenvalue weighted by molar-refractivity contribution is -0.274. The van der Waals surface area contributed by atoms with Crippen molar-refractivity contribution in [2.45, 2.75) is 30.2 Å². The van der Waals surface area contributed by atoms with Crippen LogP contribution < -0.4 is 9.64 Å². The molecule has 0 N–H and O–H groups in total. The van der Waals surface area contributed by atoms with Crippen LogP contribution in [0.5, 0.6) is 5.75 Å². The summed E-state index contributed by atoms with van der Waals surface area (Å²) in [4.78, 5) is 1.97. The van der Waals surface area contributed by atoms with Crippen molar-refractivity contribution in [2.24, 2.45) is 5.92 Å². The first kappa shape index (κ1) is 35.4. The summed E-state index contributed by atoms with van der Waals surface area (Å²) in [7, 11) is 0. The van der Waals surface area contributed by atoms with Crippen LogP contribution in [0.4, 0.5) is 30.2 Å². The van der Waals surface area contributed by atoms with Crippen LogP contribution in [0, 0.1) is 5.92 Å². The molecule has 1 aromatic heterocycles. The number of aromatic nitrogens is 1. The van der Waals surface area contributed by atoms with Gasteiger partial charge in [0.05, 0.1) is 22.5 Å². The van der Waals surface area contributed by atoms with Gasteiger partial charge in [-0.3, -0.25) is 0 Å². The summed E-state index contributed by atoms with van der Waals surface area (Å²) in [5.74, 6) is 0.213. The molecule has 4 unspecified atom stereocenters. The molecule has 1 spiro atoms. The average molecular weight is 811 g/mol. The number of para-hydroxylation sites is 2. The standard InChI is InChI=1S/C56H37F3N2O/c57-56(58,59)62-39-18-11-17-38(33-39)60(36-14-2-1-3-15-36)37-16-10-13-34(31-37)35-27-28-42-43-22-12-23-44-45-29-30-50-52(54(45)61(53(43)44)51(42)32-35)46-21-6-9-26-49(46)55(50)47-24-7-4-19-40(47)41-20-5-8-25-48(41)55/h1-24,26-33,45,48,54H,25H2. The molecule has 7 aromatic carbocycles. The molecule has 0 radical (unpaired) electrons. The van der Waals surface area contributed by atoms with E-state index in [1.807, 2.05) is 47.4 Å². The van der Waals surface area contributed by atoms with Crippen LogP contribution in [0.15, 0.2) is 200 Å². The molecule has 5 aliphatic rings. The van der Waals surface area contributed by atoms with Gasteiger partial charge in [-0.1, -0.05) is 146 Å². The van der Waals surface area contributed by atoms with E-state index in [9.17, 15) is 13.2 Å². The summed E-state index contributed by atoms with van der Waals surface area (Å²) < 4.78 is 47.1. The number of anilines is 3. The highest BCUT2D eigenvalue weighted by molar-refractivity contribution is 6.12. The van der Waals surface area contributed by atoms with E-state index < -0.39 is 6.36 Å². The third-order valence-electron chi connectivity index (χ3n) is 14.1. The second kappa shape index (κ2) is 12.9. The van der Waals surface area contributed by atoms with Gasteiger partial charge >= 0.3 is 6.36 Å². The maximum absolute atomic E-state index is 13.4. The molecule has 8 aromatic rings. The van der Waals surface area contributed by atoms with Gasteiger partial charge in [0, 0.05) is 45.7 Å². The Morgan fingerprint density at radius 1 is 0.645 bits per heavy atom. The molecule has 6 heteroatoms. The van der Waals surface area contributed by atoms with Gasteiger partial charge < -0.3 is 14.2 Å². The molecule has 0 saturated heterocycles. The molecule has 298 valence electrons. The third kappa shape index (κ3) is 4.83. The molecule has 4 atom stereocenters. The lowest BCUT2D eigenvalue weighted by atomic mass is 9.64. The maximum Gasteiger partial charge on any atom is 0.573 e. The fourth-order valence-electron chi connectivity index (χ4n) is 11.9. The Labute approximate surface area is 356 Å². The first-order valence-corrected chi connectivity index (χ1v) is 21.3. The Hall–Kier alpha value is -7.31. The molecule has 2 heterocycles. The van der Waals surface area contributed by atoms with Crippen LogP contribution in [0.2, 0.25) is 0 Å². The second-order valence-electron chi connectivity index (χ2n) is 17.0. The molecule has 3 nitrogen and oxygen atoms in total. The fourth-order valence-corrected chi connectivity index (χ4v) is 11.9. The number of rotatable bonds is 5. The normalized spacial score (nSPS) is 21.2. The Kier molecular flexibility index (Phi) is 7.35. The highest BCUT2D eigenvalue weighted by Gasteiger charge is 2.59. The van der Waals surface area contributed by atoms with Crippen LogP contribution in [0.1, 0.15) is 46.2 Å². The summed E-state index contributed by atoms with van der Waals surface area (Å²) in [5, 5.41) is 2.48. The summed E-state index contributed by atoms with van der Waals surface area (Å²) in [5.41, 5.74) is 17.6. The first-order chi connectivity index (χ1) is 30.4. The zero-order chi connectivity index (χ0) is 41.3. The average Bonchev–Trinajstić information content (AvgIpc) is 4.01. The lowest BCUT2D eigenvalue weighted by Gasteiger charge is -2.38. The Bertz CT molecular complexity index is 3330. The van der Waals surface area contributed by atoms with Crippen molar-refractivity contribution in [1.82, 2.24) is 4.57 Å². The second-order valence-corrected chi connectivity index (χ2v) is 17.0. The summed E-state index contributed by atoms with van der Waals surface area (Å²) in [6.45, 7) is 0. The SMILES string of the molecule is FC(F)(F)Oc1cccc(N(c2ccccc2)c2cccc(-c3ccc4c5cccc6c5n(c4c3)C3C4=C(C=CC63)C3(c5ccccc5C5=CC=CCC53)c3ccccc34)c2)c1. The van der Waals surface area contributed by atoms with E-state index in [-0.39, 0.29) is 23.1 Å². The first-order valence-electron chi connectivity index (χ1n) is 21.3. The molecule has 0 amide bonds. The van der Waals surface area contributed by atoms with E-state index in [1.54, 1.807) is 12.1 Å². The number of halogens is 3. The van der Waals surface area contributed by atoms with E-state index in [0.29, 0.717) is 11.6 Å². The van der Waals surface area contributed by atoms with Crippen molar-refractivity contribution in [3.63, 3.8) is 0 Å². The zero-order valence-electron chi connectivity index (χ0n) is 33.4. The van der Waals surface area contributed by atoms with Crippen LogP contribution in [-0.4, -0.2) is 10.9 Å². The van der Waals surface area contributed by atoms with Gasteiger partial charge in [-0.05, 0) is 105 Å². The van der Waals surface area contributed by atoms with Gasteiger partial charge in [-0.2, -0.15) is 0 Å². The van der Waals surface area contributed by atoms with E-state index >= 15 is 0 Å². The van der Waals surface area contributed by atoms with Gasteiger partial charge in [-0.25, -0.2) is 0 Å². The van der Waals surface area contributed by atoms with Crippen molar-refractivity contribution >= 4 is 50.0 Å². The zero-order valence-corrected chi connectivity index (χ0v) is 33.4. The number of hydrogen-bond donors (Lipinski definition) is 0. The summed E-state index contributed by atoms with van der Waals surface area (Å²) >= 11 is 0. The minimum atomic E-state index is -4.80. The van der Waals surface area contributed by atoms with Crippen LogP contribution in [-0.2, 0) is 5.41 Å². The van der Waals surface area contributed by atoms with E-state index in [1.165, 1.54) is 78.5 Å². The van der Waals surface area contributed by atoms with Crippen molar-refractivity contribution in [3.8, 4) is 16.9 Å². The Morgan fingerprint density at radius 2 is 1.35 bits per heavy atom. The Morgan fingerprint density at radius 3 is 2.19 bits per heavy atom. The van der Waals surface area contributed by atoms with Crippen LogP contribution in [0.3, 0.4) is 0 Å².